The Morgan fingerprint density at radius 2 is 1.59 bits per heavy atom. The predicted molar refractivity (Wildman–Crippen MR) is 110 cm³/mol. The summed E-state index contributed by atoms with van der Waals surface area (Å²) in [5.41, 5.74) is 3.15. The minimum Gasteiger partial charge on any atom is -0.248 e. The van der Waals surface area contributed by atoms with Gasteiger partial charge in [0.25, 0.3) is 0 Å². The lowest BCUT2D eigenvalue weighted by Gasteiger charge is -2.06. The summed E-state index contributed by atoms with van der Waals surface area (Å²) >= 11 is 7.65. The van der Waals surface area contributed by atoms with E-state index in [9.17, 15) is 8.78 Å². The van der Waals surface area contributed by atoms with Gasteiger partial charge in [0.2, 0.25) is 0 Å². The zero-order chi connectivity index (χ0) is 19.2. The number of allylic oxidation sites excluding steroid dienone is 1. The highest BCUT2D eigenvalue weighted by molar-refractivity contribution is 8.02. The molecule has 0 saturated heterocycles. The fraction of sp³-hybridized carbons (Fsp3) is 0.0455. The Labute approximate surface area is 166 Å². The van der Waals surface area contributed by atoms with Crippen LogP contribution < -0.4 is 0 Å². The SMILES string of the molecule is Cc1ccc(/N=C(/C=C/Sc2ccc(F)cc2)c2ccc(F)cc2Cl)cc1. The highest BCUT2D eigenvalue weighted by Crippen LogP contribution is 2.24. The van der Waals surface area contributed by atoms with Gasteiger partial charge >= 0.3 is 0 Å². The standard InChI is InChI=1S/C22H16ClF2NS/c1-15-2-7-18(8-3-15)26-22(20-11-6-17(25)14-21(20)23)12-13-27-19-9-4-16(24)5-10-19/h2-14H,1H3/b13-12+,26-22-. The molecular formula is C22H16ClF2NS. The molecule has 5 heteroatoms. The molecule has 0 aromatic heterocycles. The number of halogens is 3. The van der Waals surface area contributed by atoms with Crippen molar-refractivity contribution in [3.63, 3.8) is 0 Å². The van der Waals surface area contributed by atoms with Crippen LogP contribution in [0.25, 0.3) is 0 Å². The van der Waals surface area contributed by atoms with Gasteiger partial charge in [0, 0.05) is 10.5 Å². The summed E-state index contributed by atoms with van der Waals surface area (Å²) in [6.07, 6.45) is 1.81. The van der Waals surface area contributed by atoms with E-state index in [-0.39, 0.29) is 10.8 Å². The number of aryl methyl sites for hydroxylation is 1. The van der Waals surface area contributed by atoms with Gasteiger partial charge in [-0.25, -0.2) is 13.8 Å². The monoisotopic (exact) mass is 399 g/mol. The van der Waals surface area contributed by atoms with Gasteiger partial charge in [-0.05, 0) is 73.0 Å². The molecule has 0 unspecified atom stereocenters. The summed E-state index contributed by atoms with van der Waals surface area (Å²) in [5.74, 6) is -0.675. The van der Waals surface area contributed by atoms with Crippen molar-refractivity contribution in [1.29, 1.82) is 0 Å². The minimum atomic E-state index is -0.400. The maximum atomic E-state index is 13.4. The van der Waals surface area contributed by atoms with Crippen LogP contribution in [-0.2, 0) is 0 Å². The van der Waals surface area contributed by atoms with Crippen LogP contribution in [0, 0.1) is 18.6 Å². The molecule has 0 atom stereocenters. The lowest BCUT2D eigenvalue weighted by atomic mass is 10.1. The van der Waals surface area contributed by atoms with E-state index in [0.29, 0.717) is 11.3 Å². The predicted octanol–water partition coefficient (Wildman–Crippen LogP) is 7.35. The van der Waals surface area contributed by atoms with Crippen molar-refractivity contribution in [2.75, 3.05) is 0 Å². The molecule has 3 aromatic rings. The molecule has 3 aromatic carbocycles. The molecule has 136 valence electrons. The molecule has 0 fully saturated rings. The van der Waals surface area contributed by atoms with Gasteiger partial charge in [0.15, 0.2) is 0 Å². The first-order chi connectivity index (χ1) is 13.0. The first-order valence-corrected chi connectivity index (χ1v) is 9.46. The fourth-order valence-corrected chi connectivity index (χ4v) is 3.24. The number of hydrogen-bond acceptors (Lipinski definition) is 2. The van der Waals surface area contributed by atoms with Gasteiger partial charge in [-0.2, -0.15) is 0 Å². The molecule has 1 nitrogen and oxygen atoms in total. The molecule has 0 aliphatic carbocycles. The lowest BCUT2D eigenvalue weighted by molar-refractivity contribution is 0.626. The lowest BCUT2D eigenvalue weighted by Crippen LogP contribution is -1.98. The van der Waals surface area contributed by atoms with Crippen molar-refractivity contribution in [2.24, 2.45) is 4.99 Å². The van der Waals surface area contributed by atoms with Crippen molar-refractivity contribution in [1.82, 2.24) is 0 Å². The molecule has 0 heterocycles. The van der Waals surface area contributed by atoms with Crippen molar-refractivity contribution < 1.29 is 8.78 Å². The largest absolute Gasteiger partial charge is 0.248 e. The minimum absolute atomic E-state index is 0.275. The second-order valence-corrected chi connectivity index (χ2v) is 7.22. The van der Waals surface area contributed by atoms with Gasteiger partial charge in [0.1, 0.15) is 11.6 Å². The average molecular weight is 400 g/mol. The van der Waals surface area contributed by atoms with Crippen molar-refractivity contribution in [3.05, 3.63) is 106 Å². The van der Waals surface area contributed by atoms with Gasteiger partial charge in [0.05, 0.1) is 16.4 Å². The van der Waals surface area contributed by atoms with Crippen LogP contribution >= 0.6 is 23.4 Å². The van der Waals surface area contributed by atoms with Crippen LogP contribution in [-0.4, -0.2) is 5.71 Å². The summed E-state index contributed by atoms with van der Waals surface area (Å²) in [6.45, 7) is 2.00. The summed E-state index contributed by atoms with van der Waals surface area (Å²) in [6, 6.07) is 18.2. The molecule has 0 spiro atoms. The topological polar surface area (TPSA) is 12.4 Å². The number of nitrogens with zero attached hydrogens (tertiary/aromatic N) is 1. The van der Waals surface area contributed by atoms with E-state index in [1.807, 2.05) is 42.7 Å². The molecule has 0 aliphatic rings. The smallest absolute Gasteiger partial charge is 0.124 e. The van der Waals surface area contributed by atoms with Gasteiger partial charge in [-0.3, -0.25) is 0 Å². The Morgan fingerprint density at radius 1 is 0.926 bits per heavy atom. The first-order valence-electron chi connectivity index (χ1n) is 8.21. The molecular weight excluding hydrogens is 384 g/mol. The van der Waals surface area contributed by atoms with Crippen LogP contribution in [0.2, 0.25) is 5.02 Å². The van der Waals surface area contributed by atoms with Gasteiger partial charge in [-0.15, -0.1) is 0 Å². The van der Waals surface area contributed by atoms with E-state index >= 15 is 0 Å². The molecule has 0 saturated carbocycles. The fourth-order valence-electron chi connectivity index (χ4n) is 2.33. The van der Waals surface area contributed by atoms with Crippen LogP contribution in [0.3, 0.4) is 0 Å². The molecule has 0 N–H and O–H groups in total. The number of aliphatic imine (C=N–C) groups is 1. The number of benzene rings is 3. The molecule has 0 amide bonds. The second kappa shape index (κ2) is 8.98. The average Bonchev–Trinajstić information content (AvgIpc) is 2.64. The third-order valence-corrected chi connectivity index (χ3v) is 4.86. The van der Waals surface area contributed by atoms with Crippen LogP contribution in [0.15, 0.2) is 88.1 Å². The first kappa shape index (κ1) is 19.3. The number of thioether (sulfide) groups is 1. The van der Waals surface area contributed by atoms with E-state index in [1.165, 1.54) is 36.0 Å². The summed E-state index contributed by atoms with van der Waals surface area (Å²) < 4.78 is 26.4. The quantitative estimate of drug-likeness (QED) is 0.322. The molecule has 3 rings (SSSR count). The van der Waals surface area contributed by atoms with E-state index in [4.69, 9.17) is 11.6 Å². The van der Waals surface area contributed by atoms with Gasteiger partial charge in [-0.1, -0.05) is 41.1 Å². The number of hydrogen-bond donors (Lipinski definition) is 0. The zero-order valence-electron chi connectivity index (χ0n) is 14.5. The zero-order valence-corrected chi connectivity index (χ0v) is 16.1. The summed E-state index contributed by atoms with van der Waals surface area (Å²) in [4.78, 5) is 5.55. The van der Waals surface area contributed by atoms with E-state index < -0.39 is 5.82 Å². The Balaban J connectivity index is 1.92. The highest BCUT2D eigenvalue weighted by Gasteiger charge is 2.08. The third kappa shape index (κ3) is 5.52. The Hall–Kier alpha value is -2.43. The molecule has 27 heavy (non-hydrogen) atoms. The maximum Gasteiger partial charge on any atom is 0.124 e. The maximum absolute atomic E-state index is 13.4. The summed E-state index contributed by atoms with van der Waals surface area (Å²) in [5, 5.41) is 2.14. The molecule has 0 radical (unpaired) electrons. The van der Waals surface area contributed by atoms with Crippen LogP contribution in [0.5, 0.6) is 0 Å². The van der Waals surface area contributed by atoms with Crippen LogP contribution in [0.1, 0.15) is 11.1 Å². The molecule has 0 aliphatic heterocycles. The third-order valence-electron chi connectivity index (χ3n) is 3.73. The van der Waals surface area contributed by atoms with Crippen molar-refractivity contribution >= 4 is 34.8 Å². The number of rotatable bonds is 5. The Bertz CT molecular complexity index is 980. The second-order valence-electron chi connectivity index (χ2n) is 5.83. The van der Waals surface area contributed by atoms with Crippen molar-refractivity contribution in [3.8, 4) is 0 Å². The highest BCUT2D eigenvalue weighted by atomic mass is 35.5. The van der Waals surface area contributed by atoms with Crippen LogP contribution in [0.4, 0.5) is 14.5 Å². The van der Waals surface area contributed by atoms with Gasteiger partial charge < -0.3 is 0 Å². The van der Waals surface area contributed by atoms with E-state index in [1.54, 1.807) is 18.2 Å². The van der Waals surface area contributed by atoms with E-state index in [2.05, 4.69) is 4.99 Å². The van der Waals surface area contributed by atoms with Crippen molar-refractivity contribution in [2.45, 2.75) is 11.8 Å². The normalized spacial score (nSPS) is 11.9. The summed E-state index contributed by atoms with van der Waals surface area (Å²) in [7, 11) is 0. The molecule has 0 bridgehead atoms. The Kier molecular flexibility index (Phi) is 6.43. The Morgan fingerprint density at radius 3 is 2.26 bits per heavy atom. The van der Waals surface area contributed by atoms with E-state index in [0.717, 1.165) is 16.1 Å².